The maximum absolute atomic E-state index is 14.5. The van der Waals surface area contributed by atoms with E-state index in [1.807, 2.05) is 0 Å². The molecule has 1 aliphatic carbocycles. The van der Waals surface area contributed by atoms with Crippen LogP contribution in [0.1, 0.15) is 69.2 Å². The number of fused-ring (bicyclic) bond motifs is 2. The lowest BCUT2D eigenvalue weighted by atomic mass is 9.78. The van der Waals surface area contributed by atoms with Crippen molar-refractivity contribution in [3.8, 4) is 0 Å². The second-order valence-electron chi connectivity index (χ2n) is 12.8. The van der Waals surface area contributed by atoms with Crippen LogP contribution in [0, 0.1) is 29.1 Å². The van der Waals surface area contributed by atoms with Gasteiger partial charge in [0.1, 0.15) is 0 Å². The first kappa shape index (κ1) is 29.7. The van der Waals surface area contributed by atoms with Crippen molar-refractivity contribution in [2.24, 2.45) is 29.1 Å². The SMILES string of the molecule is COC1COCCC1C[C@@H]1C[C@H]2CN(C(=S)CCC(C)C)C[C@@]2(C(=O)N2CCc3ncc(C(F)(F)F)cc3C2)C1. The molecule has 1 aromatic heterocycles. The van der Waals surface area contributed by atoms with E-state index in [0.29, 0.717) is 55.1 Å². The van der Waals surface area contributed by atoms with Crippen molar-refractivity contribution in [1.29, 1.82) is 0 Å². The molecule has 2 saturated heterocycles. The van der Waals surface area contributed by atoms with E-state index in [1.54, 1.807) is 12.0 Å². The minimum atomic E-state index is -4.46. The second kappa shape index (κ2) is 11.8. The number of alkyl halides is 3. The molecule has 5 rings (SSSR count). The Morgan fingerprint density at radius 1 is 1.32 bits per heavy atom. The van der Waals surface area contributed by atoms with Crippen molar-refractivity contribution in [2.45, 2.75) is 77.6 Å². The minimum Gasteiger partial charge on any atom is -0.379 e. The van der Waals surface area contributed by atoms with Gasteiger partial charge in [-0.15, -0.1) is 0 Å². The van der Waals surface area contributed by atoms with Gasteiger partial charge in [-0.25, -0.2) is 0 Å². The highest BCUT2D eigenvalue weighted by molar-refractivity contribution is 7.80. The van der Waals surface area contributed by atoms with Crippen LogP contribution in [0.15, 0.2) is 12.3 Å². The van der Waals surface area contributed by atoms with E-state index in [-0.39, 0.29) is 24.5 Å². The van der Waals surface area contributed by atoms with Crippen LogP contribution in [0.2, 0.25) is 0 Å². The van der Waals surface area contributed by atoms with E-state index in [2.05, 4.69) is 23.7 Å². The Bertz CT molecular complexity index is 1100. The number of thiocarbonyl (C=S) groups is 1. The maximum atomic E-state index is 14.5. The predicted octanol–water partition coefficient (Wildman–Crippen LogP) is 5.52. The highest BCUT2D eigenvalue weighted by Crippen LogP contribution is 2.55. The fourth-order valence-electron chi connectivity index (χ4n) is 7.56. The smallest absolute Gasteiger partial charge is 0.379 e. The molecule has 1 amide bonds. The number of ether oxygens (including phenoxy) is 2. The van der Waals surface area contributed by atoms with Crippen molar-refractivity contribution in [3.63, 3.8) is 0 Å². The zero-order chi connectivity index (χ0) is 28.7. The molecule has 4 aliphatic rings. The molecule has 10 heteroatoms. The first-order valence-corrected chi connectivity index (χ1v) is 15.1. The number of likely N-dealkylation sites (tertiary alicyclic amines) is 1. The zero-order valence-electron chi connectivity index (χ0n) is 23.8. The van der Waals surface area contributed by atoms with Gasteiger partial charge in [0.25, 0.3) is 0 Å². The van der Waals surface area contributed by atoms with E-state index in [9.17, 15) is 18.0 Å². The summed E-state index contributed by atoms with van der Waals surface area (Å²) < 4.78 is 51.6. The Kier molecular flexibility index (Phi) is 8.79. The molecule has 4 heterocycles. The molecule has 1 saturated carbocycles. The monoisotopic (exact) mass is 581 g/mol. The molecule has 1 aromatic rings. The fraction of sp³-hybridized carbons (Fsp3) is 0.767. The quantitative estimate of drug-likeness (QED) is 0.396. The molecular formula is C30H42F3N3O3S. The third-order valence-corrected chi connectivity index (χ3v) is 10.2. The van der Waals surface area contributed by atoms with Crippen LogP contribution >= 0.6 is 12.2 Å². The lowest BCUT2D eigenvalue weighted by Gasteiger charge is -2.37. The van der Waals surface area contributed by atoms with E-state index < -0.39 is 17.2 Å². The maximum Gasteiger partial charge on any atom is 0.417 e. The van der Waals surface area contributed by atoms with E-state index in [0.717, 1.165) is 62.9 Å². The molecule has 5 atom stereocenters. The number of carbonyl (C=O) groups is 1. The van der Waals surface area contributed by atoms with Gasteiger partial charge in [0.15, 0.2) is 0 Å². The largest absolute Gasteiger partial charge is 0.417 e. The average Bonchev–Trinajstić information content (AvgIpc) is 3.45. The van der Waals surface area contributed by atoms with Gasteiger partial charge in [-0.05, 0) is 73.8 Å². The Morgan fingerprint density at radius 2 is 2.12 bits per heavy atom. The van der Waals surface area contributed by atoms with Crippen molar-refractivity contribution in [1.82, 2.24) is 14.8 Å². The summed E-state index contributed by atoms with van der Waals surface area (Å²) in [7, 11) is 1.74. The summed E-state index contributed by atoms with van der Waals surface area (Å²) in [5, 5.41) is 0. The highest BCUT2D eigenvalue weighted by Gasteiger charge is 2.59. The lowest BCUT2D eigenvalue weighted by Crippen LogP contribution is -2.49. The molecule has 0 aromatic carbocycles. The van der Waals surface area contributed by atoms with E-state index in [1.165, 1.54) is 6.07 Å². The highest BCUT2D eigenvalue weighted by atomic mass is 32.1. The number of nitrogens with zero attached hydrogens (tertiary/aromatic N) is 3. The molecule has 0 N–H and O–H groups in total. The van der Waals surface area contributed by atoms with Gasteiger partial charge >= 0.3 is 6.18 Å². The Balaban J connectivity index is 1.36. The van der Waals surface area contributed by atoms with Gasteiger partial charge in [0, 0.05) is 58.2 Å². The number of pyridine rings is 1. The molecule has 0 bridgehead atoms. The Hall–Kier alpha value is -1.78. The molecule has 0 radical (unpaired) electrons. The summed E-state index contributed by atoms with van der Waals surface area (Å²) in [5.41, 5.74) is -0.163. The van der Waals surface area contributed by atoms with Gasteiger partial charge in [-0.3, -0.25) is 9.78 Å². The number of rotatable bonds is 7. The van der Waals surface area contributed by atoms with Gasteiger partial charge < -0.3 is 19.3 Å². The van der Waals surface area contributed by atoms with Crippen molar-refractivity contribution < 1.29 is 27.4 Å². The topological polar surface area (TPSA) is 54.9 Å². The number of carbonyl (C=O) groups excluding carboxylic acids is 1. The van der Waals surface area contributed by atoms with Crippen LogP contribution in [-0.4, -0.2) is 71.7 Å². The zero-order valence-corrected chi connectivity index (χ0v) is 24.7. The fourth-order valence-corrected chi connectivity index (χ4v) is 7.82. The van der Waals surface area contributed by atoms with Crippen molar-refractivity contribution in [2.75, 3.05) is 40.0 Å². The molecule has 6 nitrogen and oxygen atoms in total. The molecule has 3 aliphatic heterocycles. The van der Waals surface area contributed by atoms with Crippen LogP contribution in [0.5, 0.6) is 0 Å². The van der Waals surface area contributed by atoms with E-state index in [4.69, 9.17) is 21.7 Å². The second-order valence-corrected chi connectivity index (χ2v) is 13.3. The lowest BCUT2D eigenvalue weighted by molar-refractivity contribution is -0.144. The summed E-state index contributed by atoms with van der Waals surface area (Å²) in [5.74, 6) is 1.62. The summed E-state index contributed by atoms with van der Waals surface area (Å²) in [4.78, 5) is 23.5. The Morgan fingerprint density at radius 3 is 2.85 bits per heavy atom. The van der Waals surface area contributed by atoms with Crippen molar-refractivity contribution in [3.05, 3.63) is 29.1 Å². The molecule has 2 unspecified atom stereocenters. The van der Waals surface area contributed by atoms with Gasteiger partial charge in [-0.1, -0.05) is 26.1 Å². The number of aromatic nitrogens is 1. The first-order valence-electron chi connectivity index (χ1n) is 14.7. The van der Waals surface area contributed by atoms with Crippen molar-refractivity contribution >= 4 is 23.1 Å². The first-order chi connectivity index (χ1) is 19.0. The summed E-state index contributed by atoms with van der Waals surface area (Å²) in [6.07, 6.45) is 2.58. The van der Waals surface area contributed by atoms with Crippen LogP contribution in [0.4, 0.5) is 13.2 Å². The normalized spacial score (nSPS) is 30.5. The van der Waals surface area contributed by atoms with Gasteiger partial charge in [0.05, 0.1) is 28.7 Å². The molecule has 222 valence electrons. The number of methoxy groups -OCH3 is 1. The number of hydrogen-bond donors (Lipinski definition) is 0. The predicted molar refractivity (Wildman–Crippen MR) is 150 cm³/mol. The summed E-state index contributed by atoms with van der Waals surface area (Å²) >= 11 is 5.85. The summed E-state index contributed by atoms with van der Waals surface area (Å²) in [6.45, 7) is 7.77. The van der Waals surface area contributed by atoms with Crippen LogP contribution in [-0.2, 0) is 33.4 Å². The third kappa shape index (κ3) is 6.04. The van der Waals surface area contributed by atoms with E-state index >= 15 is 0 Å². The van der Waals surface area contributed by atoms with Gasteiger partial charge in [0.2, 0.25) is 5.91 Å². The molecule has 3 fully saturated rings. The molecule has 0 spiro atoms. The molecule has 40 heavy (non-hydrogen) atoms. The van der Waals surface area contributed by atoms with Gasteiger partial charge in [-0.2, -0.15) is 13.2 Å². The minimum absolute atomic E-state index is 0.0764. The number of halogens is 3. The third-order valence-electron chi connectivity index (χ3n) is 9.71. The van der Waals surface area contributed by atoms with Crippen LogP contribution < -0.4 is 0 Å². The molecular weight excluding hydrogens is 539 g/mol. The standard InChI is InChI=1S/C30H42F3N3O3S/c1-19(2)4-5-27(40)36-16-24-11-20(10-21-7-9-39-17-26(21)38-3)13-29(24,18-36)28(37)35-8-6-25-22(15-35)12-23(14-34-25)30(31,32)33/h12,14,19-21,24,26H,4-11,13,15-18H2,1-3H3/t20-,21?,24+,26?,29+/m1/s1. The Labute approximate surface area is 241 Å². The van der Waals surface area contributed by atoms with Crippen LogP contribution in [0.3, 0.4) is 0 Å². The van der Waals surface area contributed by atoms with Crippen LogP contribution in [0.25, 0.3) is 0 Å². The summed E-state index contributed by atoms with van der Waals surface area (Å²) in [6, 6.07) is 1.17. The average molecular weight is 582 g/mol. The number of hydrogen-bond acceptors (Lipinski definition) is 5. The number of amides is 1.